The minimum atomic E-state index is 0.360. The number of halogens is 1. The molecule has 2 heterocycles. The summed E-state index contributed by atoms with van der Waals surface area (Å²) in [7, 11) is 0. The normalized spacial score (nSPS) is 22.9. The first-order valence-corrected chi connectivity index (χ1v) is 7.58. The molecule has 1 aliphatic rings. The van der Waals surface area contributed by atoms with Crippen LogP contribution < -0.4 is 5.32 Å². The van der Waals surface area contributed by atoms with Crippen molar-refractivity contribution in [2.24, 2.45) is 0 Å². The van der Waals surface area contributed by atoms with Crippen LogP contribution in [0.5, 0.6) is 0 Å². The van der Waals surface area contributed by atoms with E-state index in [9.17, 15) is 0 Å². The molecule has 2 unspecified atom stereocenters. The number of hydrogen-bond donors (Lipinski definition) is 1. The van der Waals surface area contributed by atoms with E-state index in [4.69, 9.17) is 11.6 Å². The molecule has 106 valence electrons. The molecule has 1 aromatic heterocycles. The molecule has 0 saturated carbocycles. The Bertz CT molecular complexity index is 606. The number of aryl methyl sites for hydroxylation is 1. The zero-order valence-electron chi connectivity index (χ0n) is 11.9. The second-order valence-electron chi connectivity index (χ2n) is 5.69. The number of rotatable bonds is 2. The highest BCUT2D eigenvalue weighted by Crippen LogP contribution is 2.29. The molecule has 3 nitrogen and oxygen atoms in total. The molecule has 0 aliphatic carbocycles. The summed E-state index contributed by atoms with van der Waals surface area (Å²) in [4.78, 5) is 4.33. The van der Waals surface area contributed by atoms with E-state index in [1.807, 2.05) is 18.6 Å². The first-order valence-electron chi connectivity index (χ1n) is 7.20. The predicted molar refractivity (Wildman–Crippen MR) is 82.5 cm³/mol. The van der Waals surface area contributed by atoms with Gasteiger partial charge in [0, 0.05) is 12.1 Å². The van der Waals surface area contributed by atoms with Gasteiger partial charge in [-0.3, -0.25) is 0 Å². The highest BCUT2D eigenvalue weighted by molar-refractivity contribution is 6.32. The van der Waals surface area contributed by atoms with Gasteiger partial charge in [0.1, 0.15) is 0 Å². The SMILES string of the molecule is Cc1ccc(-n2cncc2C2CCCC(C)N2)c(Cl)c1. The predicted octanol–water partition coefficient (Wildman–Crippen LogP) is 4.04. The molecule has 1 aromatic carbocycles. The van der Waals surface area contributed by atoms with E-state index in [0.717, 1.165) is 17.1 Å². The summed E-state index contributed by atoms with van der Waals surface area (Å²) >= 11 is 6.39. The molecule has 2 aromatic rings. The van der Waals surface area contributed by atoms with Gasteiger partial charge in [-0.2, -0.15) is 0 Å². The molecule has 0 bridgehead atoms. The molecule has 0 radical (unpaired) electrons. The summed E-state index contributed by atoms with van der Waals surface area (Å²) in [5.74, 6) is 0. The average molecular weight is 290 g/mol. The molecule has 4 heteroatoms. The van der Waals surface area contributed by atoms with Gasteiger partial charge in [-0.1, -0.05) is 17.7 Å². The van der Waals surface area contributed by atoms with Crippen molar-refractivity contribution >= 4 is 11.6 Å². The molecule has 3 rings (SSSR count). The summed E-state index contributed by atoms with van der Waals surface area (Å²) in [6.07, 6.45) is 7.46. The standard InChI is InChI=1S/C16H20ClN3/c1-11-6-7-15(13(17)8-11)20-10-18-9-16(20)14-5-3-4-12(2)19-14/h6-10,12,14,19H,3-5H2,1-2H3. The van der Waals surface area contributed by atoms with Crippen LogP contribution in [-0.4, -0.2) is 15.6 Å². The molecule has 1 fully saturated rings. The van der Waals surface area contributed by atoms with Gasteiger partial charge in [0.15, 0.2) is 0 Å². The van der Waals surface area contributed by atoms with Gasteiger partial charge in [-0.25, -0.2) is 4.98 Å². The monoisotopic (exact) mass is 289 g/mol. The Morgan fingerprint density at radius 3 is 2.95 bits per heavy atom. The minimum absolute atomic E-state index is 0.360. The molecule has 1 saturated heterocycles. The molecule has 0 amide bonds. The summed E-state index contributed by atoms with van der Waals surface area (Å²) in [6, 6.07) is 7.07. The largest absolute Gasteiger partial charge is 0.306 e. The number of piperidine rings is 1. The van der Waals surface area contributed by atoms with Gasteiger partial charge >= 0.3 is 0 Å². The molecule has 20 heavy (non-hydrogen) atoms. The van der Waals surface area contributed by atoms with Gasteiger partial charge in [0.2, 0.25) is 0 Å². The number of nitrogens with one attached hydrogen (secondary N) is 1. The summed E-state index contributed by atoms with van der Waals surface area (Å²) in [5.41, 5.74) is 3.37. The van der Waals surface area contributed by atoms with Crippen molar-refractivity contribution in [2.45, 2.75) is 45.2 Å². The van der Waals surface area contributed by atoms with Crippen molar-refractivity contribution in [3.63, 3.8) is 0 Å². The lowest BCUT2D eigenvalue weighted by molar-refractivity contribution is 0.334. The van der Waals surface area contributed by atoms with Gasteiger partial charge < -0.3 is 9.88 Å². The number of aromatic nitrogens is 2. The molecular weight excluding hydrogens is 270 g/mol. The van der Waals surface area contributed by atoms with Crippen molar-refractivity contribution in [3.8, 4) is 5.69 Å². The highest BCUT2D eigenvalue weighted by Gasteiger charge is 2.23. The van der Waals surface area contributed by atoms with Crippen LogP contribution >= 0.6 is 11.6 Å². The van der Waals surface area contributed by atoms with E-state index >= 15 is 0 Å². The smallest absolute Gasteiger partial charge is 0.0995 e. The number of benzene rings is 1. The quantitative estimate of drug-likeness (QED) is 0.904. The fraction of sp³-hybridized carbons (Fsp3) is 0.438. The van der Waals surface area contributed by atoms with Crippen LogP contribution in [0.3, 0.4) is 0 Å². The van der Waals surface area contributed by atoms with Crippen LogP contribution in [0.2, 0.25) is 5.02 Å². The third-order valence-corrected chi connectivity index (χ3v) is 4.31. The maximum absolute atomic E-state index is 6.39. The van der Waals surface area contributed by atoms with E-state index in [1.54, 1.807) is 0 Å². The topological polar surface area (TPSA) is 29.9 Å². The Hall–Kier alpha value is -1.32. The van der Waals surface area contributed by atoms with E-state index in [1.165, 1.54) is 24.1 Å². The van der Waals surface area contributed by atoms with Crippen LogP contribution in [-0.2, 0) is 0 Å². The Kier molecular flexibility index (Phi) is 3.81. The average Bonchev–Trinajstić information content (AvgIpc) is 2.87. The summed E-state index contributed by atoms with van der Waals surface area (Å²) in [5, 5.41) is 4.43. The van der Waals surface area contributed by atoms with Gasteiger partial charge in [-0.15, -0.1) is 0 Å². The third kappa shape index (κ3) is 2.60. The van der Waals surface area contributed by atoms with Crippen molar-refractivity contribution in [1.82, 2.24) is 14.9 Å². The van der Waals surface area contributed by atoms with Crippen molar-refractivity contribution in [1.29, 1.82) is 0 Å². The second-order valence-corrected chi connectivity index (χ2v) is 6.10. The molecule has 1 aliphatic heterocycles. The lowest BCUT2D eigenvalue weighted by Gasteiger charge is -2.29. The highest BCUT2D eigenvalue weighted by atomic mass is 35.5. The Balaban J connectivity index is 1.97. The van der Waals surface area contributed by atoms with Crippen LogP contribution in [0.25, 0.3) is 5.69 Å². The Morgan fingerprint density at radius 1 is 1.35 bits per heavy atom. The zero-order valence-corrected chi connectivity index (χ0v) is 12.7. The summed E-state index contributed by atoms with van der Waals surface area (Å²) < 4.78 is 2.11. The maximum atomic E-state index is 6.39. The molecule has 1 N–H and O–H groups in total. The van der Waals surface area contributed by atoms with Crippen molar-refractivity contribution in [3.05, 3.63) is 47.0 Å². The van der Waals surface area contributed by atoms with Crippen LogP contribution in [0.4, 0.5) is 0 Å². The van der Waals surface area contributed by atoms with Gasteiger partial charge in [0.25, 0.3) is 0 Å². The Morgan fingerprint density at radius 2 is 2.20 bits per heavy atom. The van der Waals surface area contributed by atoms with Gasteiger partial charge in [0.05, 0.1) is 28.9 Å². The van der Waals surface area contributed by atoms with E-state index in [-0.39, 0.29) is 0 Å². The van der Waals surface area contributed by atoms with Crippen molar-refractivity contribution < 1.29 is 0 Å². The molecular formula is C16H20ClN3. The van der Waals surface area contributed by atoms with E-state index in [2.05, 4.69) is 40.8 Å². The number of nitrogens with zero attached hydrogens (tertiary/aromatic N) is 2. The second kappa shape index (κ2) is 5.58. The lowest BCUT2D eigenvalue weighted by Crippen LogP contribution is -2.35. The molecule has 0 spiro atoms. The first-order chi connectivity index (χ1) is 9.65. The molecule has 2 atom stereocenters. The fourth-order valence-electron chi connectivity index (χ4n) is 2.94. The fourth-order valence-corrected chi connectivity index (χ4v) is 3.27. The number of hydrogen-bond acceptors (Lipinski definition) is 2. The lowest BCUT2D eigenvalue weighted by atomic mass is 9.97. The zero-order chi connectivity index (χ0) is 14.1. The summed E-state index contributed by atoms with van der Waals surface area (Å²) in [6.45, 7) is 4.29. The van der Waals surface area contributed by atoms with Crippen LogP contribution in [0.1, 0.15) is 43.5 Å². The van der Waals surface area contributed by atoms with Crippen LogP contribution in [0, 0.1) is 6.92 Å². The Labute approximate surface area is 125 Å². The third-order valence-electron chi connectivity index (χ3n) is 4.00. The van der Waals surface area contributed by atoms with Gasteiger partial charge in [-0.05, 0) is 50.8 Å². The van der Waals surface area contributed by atoms with Crippen LogP contribution in [0.15, 0.2) is 30.7 Å². The van der Waals surface area contributed by atoms with E-state index < -0.39 is 0 Å². The maximum Gasteiger partial charge on any atom is 0.0995 e. The van der Waals surface area contributed by atoms with Crippen molar-refractivity contribution in [2.75, 3.05) is 0 Å². The minimum Gasteiger partial charge on any atom is -0.306 e. The number of imidazole rings is 1. The first kappa shape index (κ1) is 13.7. The van der Waals surface area contributed by atoms with E-state index in [0.29, 0.717) is 12.1 Å².